The molecule has 0 bridgehead atoms. The zero-order valence-corrected chi connectivity index (χ0v) is 22.4. The van der Waals surface area contributed by atoms with Crippen molar-refractivity contribution in [3.05, 3.63) is 70.8 Å². The molecule has 1 aliphatic heterocycles. The lowest BCUT2D eigenvalue weighted by molar-refractivity contribution is -0.855. The smallest absolute Gasteiger partial charge is 0.422 e. The second-order valence-electron chi connectivity index (χ2n) is 8.73. The Morgan fingerprint density at radius 1 is 0.974 bits per heavy atom. The lowest BCUT2D eigenvalue weighted by Crippen LogP contribution is -2.60. The summed E-state index contributed by atoms with van der Waals surface area (Å²) in [5.74, 6) is 1.25. The number of amides is 4. The van der Waals surface area contributed by atoms with Gasteiger partial charge in [-0.25, -0.2) is 19.1 Å². The van der Waals surface area contributed by atoms with Gasteiger partial charge in [-0.05, 0) is 55.5 Å². The highest BCUT2D eigenvalue weighted by molar-refractivity contribution is 9.10. The van der Waals surface area contributed by atoms with Crippen molar-refractivity contribution in [2.75, 3.05) is 48.8 Å². The summed E-state index contributed by atoms with van der Waals surface area (Å²) in [5, 5.41) is 7.81. The minimum absolute atomic E-state index is 0.0101. The number of rotatable bonds is 6. The molecule has 1 aromatic heterocycles. The van der Waals surface area contributed by atoms with E-state index >= 15 is 0 Å². The van der Waals surface area contributed by atoms with Gasteiger partial charge in [0.15, 0.2) is 0 Å². The molecule has 1 aliphatic rings. The van der Waals surface area contributed by atoms with Crippen molar-refractivity contribution in [1.29, 1.82) is 0 Å². The number of morpholine rings is 1. The van der Waals surface area contributed by atoms with E-state index in [9.17, 15) is 22.8 Å². The Morgan fingerprint density at radius 2 is 1.64 bits per heavy atom. The van der Waals surface area contributed by atoms with Crippen molar-refractivity contribution in [1.82, 2.24) is 4.98 Å². The van der Waals surface area contributed by atoms with Crippen LogP contribution in [0.15, 0.2) is 65.3 Å². The standard InChI is InChI=1S/C26H25BrF3N5O4/c1-2-35(11-13-38-14-12-35)25(37)34-23-16-20(9-10-31-23)39-19-6-3-17(4-7-19)32-24(36)33-18-5-8-22(27)21(15-18)26(28,29)30/h3-10,15-16H,2,11-14H2,1H3,(H2-,31,32,33,34,36,37)/p+1. The van der Waals surface area contributed by atoms with Gasteiger partial charge < -0.3 is 20.1 Å². The molecule has 0 saturated carbocycles. The Balaban J connectivity index is 1.34. The number of hydrogen-bond acceptors (Lipinski definition) is 5. The first-order valence-electron chi connectivity index (χ1n) is 12.0. The fourth-order valence-electron chi connectivity index (χ4n) is 3.98. The number of carbonyl (C=O) groups excluding carboxylic acids is 2. The fourth-order valence-corrected chi connectivity index (χ4v) is 4.45. The van der Waals surface area contributed by atoms with Crippen LogP contribution in [-0.4, -0.2) is 54.4 Å². The number of hydrogen-bond donors (Lipinski definition) is 3. The summed E-state index contributed by atoms with van der Waals surface area (Å²) >= 11 is 2.87. The van der Waals surface area contributed by atoms with Crippen molar-refractivity contribution in [3.63, 3.8) is 0 Å². The monoisotopic (exact) mass is 608 g/mol. The Kier molecular flexibility index (Phi) is 8.73. The predicted octanol–water partition coefficient (Wildman–Crippen LogP) is 6.70. The maximum Gasteiger partial charge on any atom is 0.422 e. The Morgan fingerprint density at radius 3 is 2.31 bits per heavy atom. The third-order valence-electron chi connectivity index (χ3n) is 6.21. The summed E-state index contributed by atoms with van der Waals surface area (Å²) in [6.07, 6.45) is -3.04. The Hall–Kier alpha value is -3.68. The summed E-state index contributed by atoms with van der Waals surface area (Å²) in [5.41, 5.74) is -0.507. The third-order valence-corrected chi connectivity index (χ3v) is 6.90. The minimum Gasteiger partial charge on any atom is -0.457 e. The average molecular weight is 609 g/mol. The minimum atomic E-state index is -4.56. The lowest BCUT2D eigenvalue weighted by Gasteiger charge is -2.37. The molecule has 4 amide bonds. The number of likely N-dealkylation sites (N-methyl/N-ethyl adjacent to an activating group) is 1. The van der Waals surface area contributed by atoms with Gasteiger partial charge >= 0.3 is 18.2 Å². The highest BCUT2D eigenvalue weighted by atomic mass is 79.9. The van der Waals surface area contributed by atoms with Gasteiger partial charge in [0.2, 0.25) is 0 Å². The highest BCUT2D eigenvalue weighted by Crippen LogP contribution is 2.36. The first-order valence-corrected chi connectivity index (χ1v) is 12.8. The van der Waals surface area contributed by atoms with Crippen LogP contribution in [0.5, 0.6) is 11.5 Å². The maximum atomic E-state index is 13.1. The van der Waals surface area contributed by atoms with E-state index < -0.39 is 17.8 Å². The molecule has 0 unspecified atom stereocenters. The summed E-state index contributed by atoms with van der Waals surface area (Å²) in [7, 11) is 0. The normalized spacial score (nSPS) is 14.8. The average Bonchev–Trinajstić information content (AvgIpc) is 2.91. The van der Waals surface area contributed by atoms with Gasteiger partial charge in [-0.15, -0.1) is 0 Å². The second-order valence-corrected chi connectivity index (χ2v) is 9.58. The van der Waals surface area contributed by atoms with E-state index in [1.165, 1.54) is 18.3 Å². The van der Waals surface area contributed by atoms with Crippen LogP contribution < -0.4 is 20.7 Å². The van der Waals surface area contributed by atoms with Gasteiger partial charge in [-0.1, -0.05) is 15.9 Å². The van der Waals surface area contributed by atoms with Gasteiger partial charge in [0, 0.05) is 28.1 Å². The molecule has 0 aliphatic carbocycles. The van der Waals surface area contributed by atoms with Gasteiger partial charge in [-0.2, -0.15) is 13.2 Å². The number of alkyl halides is 3. The van der Waals surface area contributed by atoms with Gasteiger partial charge in [0.05, 0.1) is 25.3 Å². The molecule has 39 heavy (non-hydrogen) atoms. The van der Waals surface area contributed by atoms with E-state index in [0.29, 0.717) is 55.9 Å². The molecule has 3 N–H and O–H groups in total. The quantitative estimate of drug-likeness (QED) is 0.270. The summed E-state index contributed by atoms with van der Waals surface area (Å²) in [6.45, 7) is 4.83. The van der Waals surface area contributed by atoms with Crippen molar-refractivity contribution in [3.8, 4) is 11.5 Å². The molecular weight excluding hydrogens is 583 g/mol. The number of urea groups is 2. The van der Waals surface area contributed by atoms with Crippen molar-refractivity contribution in [2.45, 2.75) is 13.1 Å². The molecule has 2 heterocycles. The Labute approximate surface area is 231 Å². The third kappa shape index (κ3) is 7.25. The number of aromatic nitrogens is 1. The number of benzene rings is 2. The Bertz CT molecular complexity index is 1330. The van der Waals surface area contributed by atoms with E-state index in [1.807, 2.05) is 6.92 Å². The number of nitrogens with zero attached hydrogens (tertiary/aromatic N) is 2. The van der Waals surface area contributed by atoms with Crippen molar-refractivity contribution >= 4 is 45.2 Å². The maximum absolute atomic E-state index is 13.1. The van der Waals surface area contributed by atoms with Crippen molar-refractivity contribution in [2.24, 2.45) is 0 Å². The summed E-state index contributed by atoms with van der Waals surface area (Å²) < 4.78 is 50.7. The molecule has 206 valence electrons. The first-order chi connectivity index (χ1) is 18.6. The van der Waals surface area contributed by atoms with E-state index in [0.717, 1.165) is 6.07 Å². The van der Waals surface area contributed by atoms with E-state index in [4.69, 9.17) is 9.47 Å². The molecule has 0 spiro atoms. The zero-order valence-electron chi connectivity index (χ0n) is 20.8. The number of halogens is 4. The number of ether oxygens (including phenoxy) is 2. The number of carbonyl (C=O) groups is 2. The molecular formula is C26H26BrF3N5O4+. The molecule has 1 fully saturated rings. The molecule has 0 atom stereocenters. The molecule has 9 nitrogen and oxygen atoms in total. The number of pyridine rings is 1. The SMILES string of the molecule is CC[N+]1(C(=O)Nc2cc(Oc3ccc(NC(=O)Nc4ccc(Br)c(C(F)(F)F)c4)cc3)ccn2)CCOCC1. The summed E-state index contributed by atoms with van der Waals surface area (Å²) in [4.78, 5) is 29.4. The van der Waals surface area contributed by atoms with Gasteiger partial charge in [0.25, 0.3) is 0 Å². The number of quaternary nitrogens is 1. The molecule has 13 heteroatoms. The highest BCUT2D eigenvalue weighted by Gasteiger charge is 2.37. The van der Waals surface area contributed by atoms with Gasteiger partial charge in [-0.3, -0.25) is 5.32 Å². The topological polar surface area (TPSA) is 102 Å². The fraction of sp³-hybridized carbons (Fsp3) is 0.269. The molecule has 4 rings (SSSR count). The van der Waals surface area contributed by atoms with Crippen LogP contribution in [0.3, 0.4) is 0 Å². The molecule has 1 saturated heterocycles. The van der Waals surface area contributed by atoms with Crippen LogP contribution in [0, 0.1) is 0 Å². The number of anilines is 3. The van der Waals surface area contributed by atoms with E-state index in [2.05, 4.69) is 36.9 Å². The van der Waals surface area contributed by atoms with Crippen LogP contribution in [0.25, 0.3) is 0 Å². The van der Waals surface area contributed by atoms with Crippen LogP contribution >= 0.6 is 15.9 Å². The molecule has 3 aromatic rings. The molecule has 2 aromatic carbocycles. The van der Waals surface area contributed by atoms with Crippen LogP contribution in [0.2, 0.25) is 0 Å². The van der Waals surface area contributed by atoms with Crippen LogP contribution in [-0.2, 0) is 10.9 Å². The van der Waals surface area contributed by atoms with Crippen molar-refractivity contribution < 1.29 is 36.7 Å². The lowest BCUT2D eigenvalue weighted by atomic mass is 10.2. The van der Waals surface area contributed by atoms with Crippen LogP contribution in [0.4, 0.5) is 40.0 Å². The van der Waals surface area contributed by atoms with E-state index in [1.54, 1.807) is 36.4 Å². The number of nitrogens with one attached hydrogen (secondary N) is 3. The van der Waals surface area contributed by atoms with E-state index in [-0.39, 0.29) is 20.7 Å². The van der Waals surface area contributed by atoms with Gasteiger partial charge in [0.1, 0.15) is 30.4 Å². The predicted molar refractivity (Wildman–Crippen MR) is 143 cm³/mol. The summed E-state index contributed by atoms with van der Waals surface area (Å²) in [6, 6.07) is 12.2. The first kappa shape index (κ1) is 28.3. The van der Waals surface area contributed by atoms with Crippen LogP contribution in [0.1, 0.15) is 12.5 Å². The molecule has 0 radical (unpaired) electrons. The zero-order chi connectivity index (χ0) is 28.0. The largest absolute Gasteiger partial charge is 0.457 e. The second kappa shape index (κ2) is 12.0.